The van der Waals surface area contributed by atoms with E-state index in [1.165, 1.54) is 56.7 Å². The van der Waals surface area contributed by atoms with Gasteiger partial charge in [0.2, 0.25) is 0 Å². The molecule has 2 aromatic carbocycles. The number of rotatable bonds is 12. The number of aryl methyl sites for hydroxylation is 1. The van der Waals surface area contributed by atoms with E-state index in [9.17, 15) is 18.1 Å². The molecule has 0 bridgehead atoms. The molecule has 29 heavy (non-hydrogen) atoms. The van der Waals surface area contributed by atoms with Gasteiger partial charge >= 0.3 is 51.4 Å². The van der Waals surface area contributed by atoms with Gasteiger partial charge in [0.25, 0.3) is 10.1 Å². The number of benzene rings is 2. The van der Waals surface area contributed by atoms with E-state index < -0.39 is 10.1 Å². The zero-order valence-corrected chi connectivity index (χ0v) is 21.3. The van der Waals surface area contributed by atoms with Gasteiger partial charge in [-0.05, 0) is 36.6 Å². The van der Waals surface area contributed by atoms with Crippen LogP contribution in [-0.4, -0.2) is 13.0 Å². The maximum Gasteiger partial charge on any atom is 1.00 e. The van der Waals surface area contributed by atoms with Crippen molar-refractivity contribution in [1.29, 1.82) is 0 Å². The minimum atomic E-state index is -4.45. The Morgan fingerprint density at radius 1 is 0.897 bits per heavy atom. The van der Waals surface area contributed by atoms with E-state index in [0.29, 0.717) is 0 Å². The van der Waals surface area contributed by atoms with Gasteiger partial charge in [0.1, 0.15) is 16.4 Å². The third-order valence-electron chi connectivity index (χ3n) is 4.67. The Balaban J connectivity index is 0.00000420. The molecule has 0 heterocycles. The van der Waals surface area contributed by atoms with Gasteiger partial charge in [0, 0.05) is 0 Å². The van der Waals surface area contributed by atoms with E-state index in [-0.39, 0.29) is 73.5 Å². The van der Waals surface area contributed by atoms with Gasteiger partial charge in [-0.3, -0.25) is 4.55 Å². The van der Waals surface area contributed by atoms with Crippen molar-refractivity contribution in [2.24, 2.45) is 0 Å². The van der Waals surface area contributed by atoms with Crippen molar-refractivity contribution in [3.8, 4) is 17.2 Å². The first-order valence-corrected chi connectivity index (χ1v) is 11.4. The largest absolute Gasteiger partial charge is 1.00 e. The molecule has 2 rings (SSSR count). The zero-order valence-electron chi connectivity index (χ0n) is 17.4. The number of hydrogen-bond donors (Lipinski definition) is 1. The molecule has 0 saturated heterocycles. The summed E-state index contributed by atoms with van der Waals surface area (Å²) in [4.78, 5) is -0.338. The van der Waals surface area contributed by atoms with Crippen molar-refractivity contribution >= 4 is 10.1 Å². The van der Waals surface area contributed by atoms with Crippen LogP contribution in [0.5, 0.6) is 17.2 Å². The molecule has 0 aliphatic carbocycles. The topological polar surface area (TPSA) is 86.7 Å². The van der Waals surface area contributed by atoms with Crippen LogP contribution in [0.1, 0.15) is 63.9 Å². The molecule has 0 unspecified atom stereocenters. The van der Waals surface area contributed by atoms with Gasteiger partial charge < -0.3 is 9.84 Å². The van der Waals surface area contributed by atoms with Crippen LogP contribution in [0.4, 0.5) is 0 Å². The van der Waals surface area contributed by atoms with Crippen LogP contribution in [0.2, 0.25) is 0 Å². The number of para-hydroxylation sites is 2. The zero-order chi connectivity index (χ0) is 20.4. The average molecular weight is 445 g/mol. The molecule has 0 atom stereocenters. The van der Waals surface area contributed by atoms with Gasteiger partial charge in [0.05, 0.1) is 0 Å². The molecule has 7 heteroatoms. The molecule has 5 nitrogen and oxygen atoms in total. The van der Waals surface area contributed by atoms with Gasteiger partial charge in [0.15, 0.2) is 0 Å². The molecule has 0 aliphatic rings. The second kappa shape index (κ2) is 13.8. The molecule has 0 radical (unpaired) electrons. The second-order valence-corrected chi connectivity index (χ2v) is 8.42. The van der Waals surface area contributed by atoms with E-state index in [4.69, 9.17) is 4.74 Å². The third-order valence-corrected chi connectivity index (χ3v) is 5.57. The Hall–Kier alpha value is -0.414. The first-order valence-electron chi connectivity index (χ1n) is 9.96. The molecule has 0 aromatic heterocycles. The van der Waals surface area contributed by atoms with Gasteiger partial charge in [-0.2, -0.15) is 8.42 Å². The monoisotopic (exact) mass is 444 g/mol. The normalized spacial score (nSPS) is 11.1. The molecule has 1 N–H and O–H groups in total. The maximum atomic E-state index is 11.9. The fourth-order valence-electron chi connectivity index (χ4n) is 3.12. The third kappa shape index (κ3) is 9.51. The summed E-state index contributed by atoms with van der Waals surface area (Å²) in [6.07, 6.45) is 10.5. The summed E-state index contributed by atoms with van der Waals surface area (Å²) in [5, 5.41) is 11.9. The fraction of sp³-hybridized carbons (Fsp3) is 0.455. The Morgan fingerprint density at radius 2 is 1.52 bits per heavy atom. The smallest absolute Gasteiger partial charge is 0.870 e. The molecular weight excluding hydrogens is 415 g/mol. The summed E-state index contributed by atoms with van der Waals surface area (Å²) < 4.78 is 38.3. The number of ether oxygens (including phenoxy) is 1. The van der Waals surface area contributed by atoms with Gasteiger partial charge in [-0.1, -0.05) is 81.9 Å². The number of hydrogen-bond acceptors (Lipinski definition) is 4. The van der Waals surface area contributed by atoms with E-state index >= 15 is 0 Å². The molecule has 0 fully saturated rings. The van der Waals surface area contributed by atoms with Crippen molar-refractivity contribution < 1.29 is 74.2 Å². The van der Waals surface area contributed by atoms with Crippen LogP contribution < -0.4 is 61.2 Å². The van der Waals surface area contributed by atoms with Crippen LogP contribution in [0, 0.1) is 0 Å². The Labute approximate surface area is 217 Å². The second-order valence-electron chi connectivity index (χ2n) is 7.03. The summed E-state index contributed by atoms with van der Waals surface area (Å²) in [7, 11) is -4.45. The van der Waals surface area contributed by atoms with Crippen molar-refractivity contribution in [2.75, 3.05) is 0 Å². The van der Waals surface area contributed by atoms with Crippen molar-refractivity contribution in [3.63, 3.8) is 0 Å². The number of unbranched alkanes of at least 4 members (excludes halogenated alkanes) is 7. The predicted octanol–water partition coefficient (Wildman–Crippen LogP) is 2.49. The molecule has 2 aromatic rings. The van der Waals surface area contributed by atoms with Crippen molar-refractivity contribution in [1.82, 2.24) is 0 Å². The Morgan fingerprint density at radius 3 is 2.14 bits per heavy atom. The standard InChI is InChI=1S/C22H30O5S.K/c1-2-3-4-5-6-7-8-9-12-18-15-16-22(28(24,25)26)21(17-18)27-20-14-11-10-13-19(20)23;/h10-11,13-17,23H,2-9,12H2,1H3,(H,24,25,26);/q;+1/p-1. The quantitative estimate of drug-likeness (QED) is 0.309. The molecule has 0 saturated carbocycles. The van der Waals surface area contributed by atoms with Crippen LogP contribution >= 0.6 is 0 Å². The Kier molecular flexibility index (Phi) is 12.7. The van der Waals surface area contributed by atoms with Gasteiger partial charge in [-0.25, -0.2) is 0 Å². The van der Waals surface area contributed by atoms with Crippen molar-refractivity contribution in [3.05, 3.63) is 48.0 Å². The molecule has 0 spiro atoms. The first-order chi connectivity index (χ1) is 13.4. The van der Waals surface area contributed by atoms with E-state index in [1.54, 1.807) is 24.3 Å². The van der Waals surface area contributed by atoms with Crippen LogP contribution in [0.15, 0.2) is 47.4 Å². The van der Waals surface area contributed by atoms with Gasteiger partial charge in [-0.15, -0.1) is 0 Å². The van der Waals surface area contributed by atoms with E-state index in [0.717, 1.165) is 24.8 Å². The maximum absolute atomic E-state index is 11.9. The summed E-state index contributed by atoms with van der Waals surface area (Å²) in [5.41, 5.74) is 0.914. The minimum Gasteiger partial charge on any atom is -0.870 e. The molecule has 0 amide bonds. The van der Waals surface area contributed by atoms with Crippen molar-refractivity contribution in [2.45, 2.75) is 69.6 Å². The Bertz CT molecular complexity index is 852. The predicted molar refractivity (Wildman–Crippen MR) is 109 cm³/mol. The molecular formula is C22H29KO5S. The van der Waals surface area contributed by atoms with E-state index in [2.05, 4.69) is 6.92 Å². The fourth-order valence-corrected chi connectivity index (χ4v) is 3.71. The van der Waals surface area contributed by atoms with Crippen LogP contribution in [0.25, 0.3) is 0 Å². The first kappa shape index (κ1) is 26.6. The molecule has 154 valence electrons. The van der Waals surface area contributed by atoms with Crippen LogP contribution in [0.3, 0.4) is 0 Å². The van der Waals surface area contributed by atoms with E-state index in [1.807, 2.05) is 0 Å². The average Bonchev–Trinajstić information content (AvgIpc) is 2.65. The summed E-state index contributed by atoms with van der Waals surface area (Å²) in [6.45, 7) is 2.21. The summed E-state index contributed by atoms with van der Waals surface area (Å²) in [6, 6.07) is 10.6. The van der Waals surface area contributed by atoms with Crippen LogP contribution in [-0.2, 0) is 16.5 Å². The minimum absolute atomic E-state index is 0. The molecule has 0 aliphatic heterocycles. The summed E-state index contributed by atoms with van der Waals surface area (Å²) >= 11 is 0. The SMILES string of the molecule is CCCCCCCCCCc1ccc(S(=O)(=O)O)c(Oc2ccccc2[O-])c1.[K+]. The summed E-state index contributed by atoms with van der Waals surface area (Å²) in [5.74, 6) is -0.350.